The SMILES string of the molecule is O=C(O)C1CCCCN1C(=O)c1ccc(Br)cc1. The molecule has 1 amide bonds. The molecule has 1 fully saturated rings. The second kappa shape index (κ2) is 5.52. The minimum Gasteiger partial charge on any atom is -0.480 e. The third kappa shape index (κ3) is 2.72. The molecule has 1 unspecified atom stereocenters. The molecule has 1 N–H and O–H groups in total. The van der Waals surface area contributed by atoms with Crippen molar-refractivity contribution in [2.75, 3.05) is 6.54 Å². The van der Waals surface area contributed by atoms with Gasteiger partial charge in [-0.05, 0) is 43.5 Å². The molecule has 1 aliphatic heterocycles. The maximum atomic E-state index is 12.3. The molecule has 0 saturated carbocycles. The van der Waals surface area contributed by atoms with Gasteiger partial charge in [-0.2, -0.15) is 0 Å². The Labute approximate surface area is 114 Å². The molecule has 1 aromatic carbocycles. The van der Waals surface area contributed by atoms with Crippen molar-refractivity contribution in [3.63, 3.8) is 0 Å². The molecule has 0 bridgehead atoms. The molecule has 1 heterocycles. The molecule has 5 heteroatoms. The number of halogens is 1. The predicted octanol–water partition coefficient (Wildman–Crippen LogP) is 2.53. The Morgan fingerprint density at radius 2 is 1.89 bits per heavy atom. The summed E-state index contributed by atoms with van der Waals surface area (Å²) in [5.41, 5.74) is 0.534. The van der Waals surface area contributed by atoms with E-state index < -0.39 is 12.0 Å². The van der Waals surface area contributed by atoms with Crippen LogP contribution in [0.5, 0.6) is 0 Å². The Morgan fingerprint density at radius 3 is 2.50 bits per heavy atom. The zero-order valence-electron chi connectivity index (χ0n) is 9.80. The Kier molecular flexibility index (Phi) is 4.01. The smallest absolute Gasteiger partial charge is 0.326 e. The van der Waals surface area contributed by atoms with Crippen molar-refractivity contribution in [2.45, 2.75) is 25.3 Å². The molecule has 4 nitrogen and oxygen atoms in total. The summed E-state index contributed by atoms with van der Waals surface area (Å²) < 4.78 is 0.896. The van der Waals surface area contributed by atoms with Crippen molar-refractivity contribution in [1.29, 1.82) is 0 Å². The first kappa shape index (κ1) is 13.1. The second-order valence-electron chi connectivity index (χ2n) is 4.36. The fourth-order valence-corrected chi connectivity index (χ4v) is 2.45. The number of nitrogens with zero attached hydrogens (tertiary/aromatic N) is 1. The quantitative estimate of drug-likeness (QED) is 0.913. The number of carbonyl (C=O) groups is 2. The lowest BCUT2D eigenvalue weighted by molar-refractivity contribution is -0.143. The highest BCUT2D eigenvalue weighted by atomic mass is 79.9. The van der Waals surface area contributed by atoms with Gasteiger partial charge in [-0.25, -0.2) is 4.79 Å². The predicted molar refractivity (Wildman–Crippen MR) is 70.5 cm³/mol. The molecule has 96 valence electrons. The molecule has 0 aliphatic carbocycles. The summed E-state index contributed by atoms with van der Waals surface area (Å²) in [7, 11) is 0. The zero-order chi connectivity index (χ0) is 13.1. The normalized spacial score (nSPS) is 19.6. The van der Waals surface area contributed by atoms with Crippen LogP contribution in [-0.2, 0) is 4.79 Å². The van der Waals surface area contributed by atoms with Crippen molar-refractivity contribution in [2.24, 2.45) is 0 Å². The summed E-state index contributed by atoms with van der Waals surface area (Å²) in [6, 6.07) is 6.30. The van der Waals surface area contributed by atoms with E-state index in [9.17, 15) is 9.59 Å². The van der Waals surface area contributed by atoms with Crippen LogP contribution in [-0.4, -0.2) is 34.5 Å². The lowest BCUT2D eigenvalue weighted by atomic mass is 10.0. The number of carbonyl (C=O) groups excluding carboxylic acids is 1. The van der Waals surface area contributed by atoms with Gasteiger partial charge in [0.25, 0.3) is 5.91 Å². The molecule has 0 spiro atoms. The summed E-state index contributed by atoms with van der Waals surface area (Å²) >= 11 is 3.31. The van der Waals surface area contributed by atoms with E-state index in [0.717, 1.165) is 17.3 Å². The lowest BCUT2D eigenvalue weighted by Crippen LogP contribution is -2.47. The van der Waals surface area contributed by atoms with E-state index in [2.05, 4.69) is 15.9 Å². The van der Waals surface area contributed by atoms with Gasteiger partial charge in [0.1, 0.15) is 6.04 Å². The minimum absolute atomic E-state index is 0.199. The van der Waals surface area contributed by atoms with Gasteiger partial charge < -0.3 is 10.0 Å². The highest BCUT2D eigenvalue weighted by molar-refractivity contribution is 9.10. The fourth-order valence-electron chi connectivity index (χ4n) is 2.19. The first-order valence-electron chi connectivity index (χ1n) is 5.89. The van der Waals surface area contributed by atoms with E-state index in [-0.39, 0.29) is 5.91 Å². The molecule has 1 atom stereocenters. The highest BCUT2D eigenvalue weighted by Crippen LogP contribution is 2.20. The van der Waals surface area contributed by atoms with E-state index in [0.29, 0.717) is 18.5 Å². The number of hydrogen-bond acceptors (Lipinski definition) is 2. The summed E-state index contributed by atoms with van der Waals surface area (Å²) in [6.45, 7) is 0.520. The molecule has 0 aromatic heterocycles. The zero-order valence-corrected chi connectivity index (χ0v) is 11.4. The molecule has 2 rings (SSSR count). The van der Waals surface area contributed by atoms with Gasteiger partial charge >= 0.3 is 5.97 Å². The van der Waals surface area contributed by atoms with Gasteiger partial charge in [-0.3, -0.25) is 4.79 Å². The van der Waals surface area contributed by atoms with Crippen LogP contribution in [0.25, 0.3) is 0 Å². The number of carboxylic acid groups (broad SMARTS) is 1. The maximum Gasteiger partial charge on any atom is 0.326 e. The van der Waals surface area contributed by atoms with Crippen molar-refractivity contribution < 1.29 is 14.7 Å². The topological polar surface area (TPSA) is 57.6 Å². The fraction of sp³-hybridized carbons (Fsp3) is 0.385. The van der Waals surface area contributed by atoms with Crippen LogP contribution in [0.3, 0.4) is 0 Å². The van der Waals surface area contributed by atoms with Crippen molar-refractivity contribution in [3.8, 4) is 0 Å². The molecule has 1 aromatic rings. The first-order chi connectivity index (χ1) is 8.59. The highest BCUT2D eigenvalue weighted by Gasteiger charge is 2.32. The molecule has 1 aliphatic rings. The van der Waals surface area contributed by atoms with Gasteiger partial charge in [0.2, 0.25) is 0 Å². The Hall–Kier alpha value is -1.36. The van der Waals surface area contributed by atoms with Gasteiger partial charge in [-0.15, -0.1) is 0 Å². The van der Waals surface area contributed by atoms with E-state index in [1.54, 1.807) is 24.3 Å². The number of benzene rings is 1. The number of rotatable bonds is 2. The van der Waals surface area contributed by atoms with Crippen LogP contribution in [0, 0.1) is 0 Å². The van der Waals surface area contributed by atoms with Crippen molar-refractivity contribution in [1.82, 2.24) is 4.90 Å². The van der Waals surface area contributed by atoms with Gasteiger partial charge in [0.15, 0.2) is 0 Å². The summed E-state index contributed by atoms with van der Waals surface area (Å²) in [5.74, 6) is -1.12. The summed E-state index contributed by atoms with van der Waals surface area (Å²) in [4.78, 5) is 24.9. The van der Waals surface area contributed by atoms with Crippen LogP contribution in [0.15, 0.2) is 28.7 Å². The molecular weight excluding hydrogens is 298 g/mol. The Balaban J connectivity index is 2.20. The van der Waals surface area contributed by atoms with Crippen molar-refractivity contribution in [3.05, 3.63) is 34.3 Å². The first-order valence-corrected chi connectivity index (χ1v) is 6.68. The Bertz CT molecular complexity index is 458. The van der Waals surface area contributed by atoms with Gasteiger partial charge in [-0.1, -0.05) is 15.9 Å². The van der Waals surface area contributed by atoms with Gasteiger partial charge in [0.05, 0.1) is 0 Å². The average Bonchev–Trinajstić information content (AvgIpc) is 2.39. The summed E-state index contributed by atoms with van der Waals surface area (Å²) in [5, 5.41) is 9.15. The van der Waals surface area contributed by atoms with E-state index in [4.69, 9.17) is 5.11 Å². The number of likely N-dealkylation sites (tertiary alicyclic amines) is 1. The number of amides is 1. The number of piperidine rings is 1. The van der Waals surface area contributed by atoms with Crippen LogP contribution in [0.2, 0.25) is 0 Å². The maximum absolute atomic E-state index is 12.3. The van der Waals surface area contributed by atoms with E-state index in [1.165, 1.54) is 4.90 Å². The third-order valence-electron chi connectivity index (χ3n) is 3.14. The number of hydrogen-bond donors (Lipinski definition) is 1. The number of carboxylic acids is 1. The van der Waals surface area contributed by atoms with E-state index in [1.807, 2.05) is 0 Å². The van der Waals surface area contributed by atoms with Crippen LogP contribution >= 0.6 is 15.9 Å². The van der Waals surface area contributed by atoms with Crippen LogP contribution in [0.1, 0.15) is 29.6 Å². The number of aliphatic carboxylic acids is 1. The largest absolute Gasteiger partial charge is 0.480 e. The minimum atomic E-state index is -0.917. The monoisotopic (exact) mass is 311 g/mol. The second-order valence-corrected chi connectivity index (χ2v) is 5.27. The molecule has 18 heavy (non-hydrogen) atoms. The molecule has 0 radical (unpaired) electrons. The van der Waals surface area contributed by atoms with E-state index >= 15 is 0 Å². The van der Waals surface area contributed by atoms with Crippen molar-refractivity contribution >= 4 is 27.8 Å². The summed E-state index contributed by atoms with van der Waals surface area (Å²) in [6.07, 6.45) is 2.27. The average molecular weight is 312 g/mol. The molecular formula is C13H14BrNO3. The standard InChI is InChI=1S/C13H14BrNO3/c14-10-6-4-9(5-7-10)12(16)15-8-2-1-3-11(15)13(17)18/h4-7,11H,1-3,8H2,(H,17,18). The molecule has 1 saturated heterocycles. The lowest BCUT2D eigenvalue weighted by Gasteiger charge is -2.33. The third-order valence-corrected chi connectivity index (χ3v) is 3.67. The van der Waals surface area contributed by atoms with Crippen LogP contribution < -0.4 is 0 Å². The van der Waals surface area contributed by atoms with Gasteiger partial charge in [0, 0.05) is 16.6 Å². The Morgan fingerprint density at radius 1 is 1.22 bits per heavy atom. The van der Waals surface area contributed by atoms with Crippen LogP contribution in [0.4, 0.5) is 0 Å².